The van der Waals surface area contributed by atoms with Crippen molar-refractivity contribution in [3.8, 4) is 0 Å². The van der Waals surface area contributed by atoms with Crippen molar-refractivity contribution in [1.82, 2.24) is 10.2 Å². The fourth-order valence-corrected chi connectivity index (χ4v) is 2.29. The Hall–Kier alpha value is 0.140. The maximum atomic E-state index is 12.9. The molecule has 2 aliphatic rings. The van der Waals surface area contributed by atoms with Crippen LogP contribution in [-0.2, 0) is 0 Å². The van der Waals surface area contributed by atoms with Gasteiger partial charge in [-0.25, -0.2) is 4.39 Å². The van der Waals surface area contributed by atoms with Crippen molar-refractivity contribution in [2.24, 2.45) is 0 Å². The van der Waals surface area contributed by atoms with Crippen LogP contribution in [0, 0.1) is 0 Å². The molecule has 0 bridgehead atoms. The third-order valence-electron chi connectivity index (χ3n) is 2.86. The molecule has 2 aliphatic heterocycles. The van der Waals surface area contributed by atoms with Crippen LogP contribution in [0.15, 0.2) is 0 Å². The van der Waals surface area contributed by atoms with Gasteiger partial charge in [0, 0.05) is 18.6 Å². The highest BCUT2D eigenvalue weighted by atomic mass is 35.5. The van der Waals surface area contributed by atoms with E-state index in [1.165, 1.54) is 0 Å². The Kier molecular flexibility index (Phi) is 2.97. The molecule has 2 rings (SSSR count). The molecule has 2 nitrogen and oxygen atoms in total. The number of halogens is 2. The van der Waals surface area contributed by atoms with Crippen molar-refractivity contribution in [3.63, 3.8) is 0 Å². The topological polar surface area (TPSA) is 15.3 Å². The number of likely N-dealkylation sites (tertiary alicyclic amines) is 1. The lowest BCUT2D eigenvalue weighted by Crippen LogP contribution is -2.41. The quantitative estimate of drug-likeness (QED) is 0.614. The van der Waals surface area contributed by atoms with Crippen LogP contribution in [0.5, 0.6) is 0 Å². The van der Waals surface area contributed by atoms with Crippen LogP contribution >= 0.6 is 12.4 Å². The molecule has 2 saturated heterocycles. The van der Waals surface area contributed by atoms with Gasteiger partial charge in [-0.15, -0.1) is 12.4 Å². The van der Waals surface area contributed by atoms with Gasteiger partial charge < -0.3 is 10.2 Å². The van der Waals surface area contributed by atoms with Crippen molar-refractivity contribution < 1.29 is 4.39 Å². The van der Waals surface area contributed by atoms with Crippen LogP contribution < -0.4 is 5.32 Å². The summed E-state index contributed by atoms with van der Waals surface area (Å²) in [6.07, 6.45) is 1.22. The molecular weight excluding hydrogens is 179 g/mol. The summed E-state index contributed by atoms with van der Waals surface area (Å²) in [6, 6.07) is 0. The van der Waals surface area contributed by atoms with Crippen molar-refractivity contribution in [2.75, 3.05) is 26.7 Å². The fourth-order valence-electron chi connectivity index (χ4n) is 2.29. The van der Waals surface area contributed by atoms with Crippen molar-refractivity contribution in [1.29, 1.82) is 0 Å². The Balaban J connectivity index is 0.000000720. The summed E-state index contributed by atoms with van der Waals surface area (Å²) in [5.74, 6) is 0. The van der Waals surface area contributed by atoms with Gasteiger partial charge in [-0.1, -0.05) is 0 Å². The second kappa shape index (κ2) is 3.48. The van der Waals surface area contributed by atoms with E-state index in [0.29, 0.717) is 6.54 Å². The van der Waals surface area contributed by atoms with Crippen LogP contribution in [0.25, 0.3) is 0 Å². The molecule has 1 spiro atoms. The van der Waals surface area contributed by atoms with Gasteiger partial charge in [0.05, 0.1) is 0 Å². The molecule has 1 N–H and O–H groups in total. The van der Waals surface area contributed by atoms with Crippen LogP contribution in [0.1, 0.15) is 12.8 Å². The van der Waals surface area contributed by atoms with E-state index in [1.807, 2.05) is 0 Å². The number of hydrogen-bond donors (Lipinski definition) is 1. The maximum absolute atomic E-state index is 12.9. The fraction of sp³-hybridized carbons (Fsp3) is 1.00. The van der Waals surface area contributed by atoms with Crippen molar-refractivity contribution >= 4 is 12.4 Å². The first-order valence-electron chi connectivity index (χ1n) is 4.28. The summed E-state index contributed by atoms with van der Waals surface area (Å²) in [7, 11) is 2.10. The second-order valence-corrected chi connectivity index (χ2v) is 3.95. The second-order valence-electron chi connectivity index (χ2n) is 3.95. The minimum atomic E-state index is -0.610. The first kappa shape index (κ1) is 10.2. The van der Waals surface area contributed by atoms with Crippen LogP contribution in [0.2, 0.25) is 0 Å². The zero-order chi connectivity index (χ0) is 7.90. The number of alkyl halides is 1. The Labute approximate surface area is 78.9 Å². The van der Waals surface area contributed by atoms with Crippen LogP contribution in [0.4, 0.5) is 4.39 Å². The number of nitrogens with one attached hydrogen (secondary N) is 1. The largest absolute Gasteiger partial charge is 0.307 e. The highest BCUT2D eigenvalue weighted by Gasteiger charge is 2.42. The number of hydrogen-bond acceptors (Lipinski definition) is 2. The standard InChI is InChI=1S/C8H15FN2.ClH/c1-11-3-2-8(6-11)4-7(9)5-10-8;/h7,10H,2-6H2,1H3;1H. The van der Waals surface area contributed by atoms with Gasteiger partial charge in [-0.3, -0.25) is 0 Å². The molecule has 2 heterocycles. The van der Waals surface area contributed by atoms with Crippen molar-refractivity contribution in [3.05, 3.63) is 0 Å². The van der Waals surface area contributed by atoms with Gasteiger partial charge in [0.15, 0.2) is 0 Å². The monoisotopic (exact) mass is 194 g/mol. The Morgan fingerprint density at radius 2 is 2.33 bits per heavy atom. The van der Waals surface area contributed by atoms with Gasteiger partial charge in [0.2, 0.25) is 0 Å². The van der Waals surface area contributed by atoms with Gasteiger partial charge in [-0.2, -0.15) is 0 Å². The third kappa shape index (κ3) is 1.73. The molecule has 0 saturated carbocycles. The van der Waals surface area contributed by atoms with Gasteiger partial charge >= 0.3 is 0 Å². The molecule has 2 atom stereocenters. The number of nitrogens with zero attached hydrogens (tertiary/aromatic N) is 1. The maximum Gasteiger partial charge on any atom is 0.114 e. The first-order valence-corrected chi connectivity index (χ1v) is 4.28. The number of likely N-dealkylation sites (N-methyl/N-ethyl adjacent to an activating group) is 1. The average Bonchev–Trinajstić information content (AvgIpc) is 2.44. The van der Waals surface area contributed by atoms with E-state index in [4.69, 9.17) is 0 Å². The van der Waals surface area contributed by atoms with E-state index in [1.54, 1.807) is 0 Å². The molecule has 72 valence electrons. The lowest BCUT2D eigenvalue weighted by molar-refractivity contribution is 0.309. The summed E-state index contributed by atoms with van der Waals surface area (Å²) in [5, 5.41) is 3.30. The Bertz CT molecular complexity index is 147. The zero-order valence-electron chi connectivity index (χ0n) is 7.35. The summed E-state index contributed by atoms with van der Waals surface area (Å²) < 4.78 is 12.9. The van der Waals surface area contributed by atoms with Crippen molar-refractivity contribution in [2.45, 2.75) is 24.6 Å². The predicted molar refractivity (Wildman–Crippen MR) is 49.6 cm³/mol. The molecule has 2 unspecified atom stereocenters. The van der Waals surface area contributed by atoms with E-state index in [2.05, 4.69) is 17.3 Å². The molecule has 0 radical (unpaired) electrons. The molecule has 0 aromatic rings. The summed E-state index contributed by atoms with van der Waals surface area (Å²) in [4.78, 5) is 2.27. The van der Waals surface area contributed by atoms with E-state index in [9.17, 15) is 4.39 Å². The molecule has 0 aromatic heterocycles. The Morgan fingerprint density at radius 3 is 2.75 bits per heavy atom. The first-order chi connectivity index (χ1) is 5.20. The highest BCUT2D eigenvalue weighted by Crippen LogP contribution is 2.30. The number of rotatable bonds is 0. The summed E-state index contributed by atoms with van der Waals surface area (Å²) in [5.41, 5.74) is 0.133. The Morgan fingerprint density at radius 1 is 1.58 bits per heavy atom. The van der Waals surface area contributed by atoms with E-state index in [0.717, 1.165) is 25.9 Å². The van der Waals surface area contributed by atoms with E-state index in [-0.39, 0.29) is 17.9 Å². The van der Waals surface area contributed by atoms with Crippen LogP contribution in [-0.4, -0.2) is 43.3 Å². The van der Waals surface area contributed by atoms with Gasteiger partial charge in [0.1, 0.15) is 6.17 Å². The average molecular weight is 195 g/mol. The van der Waals surface area contributed by atoms with Gasteiger partial charge in [0.25, 0.3) is 0 Å². The zero-order valence-corrected chi connectivity index (χ0v) is 8.16. The van der Waals surface area contributed by atoms with E-state index < -0.39 is 6.17 Å². The lowest BCUT2D eigenvalue weighted by Gasteiger charge is -2.22. The molecule has 0 aliphatic carbocycles. The van der Waals surface area contributed by atoms with Gasteiger partial charge in [-0.05, 0) is 26.4 Å². The molecule has 0 amide bonds. The third-order valence-corrected chi connectivity index (χ3v) is 2.86. The highest BCUT2D eigenvalue weighted by molar-refractivity contribution is 5.85. The normalized spacial score (nSPS) is 42.0. The summed E-state index contributed by atoms with van der Waals surface area (Å²) in [6.45, 7) is 2.70. The minimum Gasteiger partial charge on any atom is -0.307 e. The molecule has 0 aromatic carbocycles. The minimum absolute atomic E-state index is 0. The van der Waals surface area contributed by atoms with Crippen LogP contribution in [0.3, 0.4) is 0 Å². The molecular formula is C8H16ClFN2. The lowest BCUT2D eigenvalue weighted by atomic mass is 9.96. The van der Waals surface area contributed by atoms with E-state index >= 15 is 0 Å². The molecule has 4 heteroatoms. The molecule has 12 heavy (non-hydrogen) atoms. The summed E-state index contributed by atoms with van der Waals surface area (Å²) >= 11 is 0. The molecule has 2 fully saturated rings. The smallest absolute Gasteiger partial charge is 0.114 e. The SMILES string of the molecule is CN1CCC2(CC(F)CN2)C1.Cl. The predicted octanol–water partition coefficient (Wildman–Crippen LogP) is 0.814.